The van der Waals surface area contributed by atoms with E-state index in [1.54, 1.807) is 12.1 Å². The number of benzene rings is 1. The van der Waals surface area contributed by atoms with E-state index in [4.69, 9.17) is 0 Å². The minimum absolute atomic E-state index is 0.155. The number of piperidine rings is 1. The van der Waals surface area contributed by atoms with Crippen LogP contribution in [0, 0.1) is 11.2 Å². The van der Waals surface area contributed by atoms with Gasteiger partial charge in [0.25, 0.3) is 0 Å². The molecule has 1 aromatic carbocycles. The van der Waals surface area contributed by atoms with Gasteiger partial charge in [-0.3, -0.25) is 9.69 Å². The largest absolute Gasteiger partial charge is 0.354 e. The van der Waals surface area contributed by atoms with E-state index in [0.717, 1.165) is 39.3 Å². The number of hydrogen-bond donors (Lipinski definition) is 1. The minimum atomic E-state index is -0.170. The van der Waals surface area contributed by atoms with Gasteiger partial charge in [-0.1, -0.05) is 12.1 Å². The molecule has 0 radical (unpaired) electrons. The second-order valence-electron chi connectivity index (χ2n) is 8.44. The minimum Gasteiger partial charge on any atom is -0.354 e. The van der Waals surface area contributed by atoms with Gasteiger partial charge in [0, 0.05) is 38.6 Å². The van der Waals surface area contributed by atoms with Crippen LogP contribution in [-0.4, -0.2) is 54.5 Å². The molecule has 0 aliphatic carbocycles. The molecule has 2 fully saturated rings. The molecular formula is C21H32FN3O. The first-order chi connectivity index (χ1) is 12.4. The highest BCUT2D eigenvalue weighted by Crippen LogP contribution is 2.39. The summed E-state index contributed by atoms with van der Waals surface area (Å²) < 4.78 is 13.1. The zero-order valence-corrected chi connectivity index (χ0v) is 16.1. The van der Waals surface area contributed by atoms with Crippen molar-refractivity contribution in [2.24, 2.45) is 5.41 Å². The fourth-order valence-corrected chi connectivity index (χ4v) is 4.50. The molecule has 2 heterocycles. The van der Waals surface area contributed by atoms with Crippen molar-refractivity contribution in [1.29, 1.82) is 0 Å². The molecule has 5 heteroatoms. The van der Waals surface area contributed by atoms with Crippen LogP contribution in [0.25, 0.3) is 0 Å². The fraction of sp³-hybridized carbons (Fsp3) is 0.667. The Labute approximate surface area is 156 Å². The molecule has 1 amide bonds. The third-order valence-electron chi connectivity index (χ3n) is 5.68. The molecule has 2 aliphatic heterocycles. The summed E-state index contributed by atoms with van der Waals surface area (Å²) in [4.78, 5) is 16.9. The monoisotopic (exact) mass is 361 g/mol. The summed E-state index contributed by atoms with van der Waals surface area (Å²) in [6, 6.07) is 7.10. The Bertz CT molecular complexity index is 604. The maximum absolute atomic E-state index is 13.1. The molecular weight excluding hydrogens is 329 g/mol. The Balaban J connectivity index is 1.49. The molecule has 1 N–H and O–H groups in total. The van der Waals surface area contributed by atoms with Crippen molar-refractivity contribution < 1.29 is 9.18 Å². The fourth-order valence-electron chi connectivity index (χ4n) is 4.50. The summed E-state index contributed by atoms with van der Waals surface area (Å²) in [5, 5.41) is 2.98. The lowest BCUT2D eigenvalue weighted by atomic mass is 9.79. The van der Waals surface area contributed by atoms with Gasteiger partial charge in [0.1, 0.15) is 5.82 Å². The standard InChI is InChI=1S/C21H32FN3O/c1-17(2)23-20(26)8-12-24-13-10-21(15-24)9-3-11-25(16-21)14-18-4-6-19(22)7-5-18/h4-7,17H,3,8-16H2,1-2H3,(H,23,26)/t21-/m1/s1. The van der Waals surface area contributed by atoms with Crippen molar-refractivity contribution in [3.63, 3.8) is 0 Å². The first kappa shape index (κ1) is 19.3. The lowest BCUT2D eigenvalue weighted by Gasteiger charge is -2.40. The van der Waals surface area contributed by atoms with Gasteiger partial charge in [-0.25, -0.2) is 4.39 Å². The molecule has 1 atom stereocenters. The normalized spacial score (nSPS) is 24.5. The van der Waals surface area contributed by atoms with Crippen LogP contribution < -0.4 is 5.32 Å². The molecule has 3 rings (SSSR count). The Kier molecular flexibility index (Phi) is 6.30. The van der Waals surface area contributed by atoms with Gasteiger partial charge in [0.05, 0.1) is 0 Å². The summed E-state index contributed by atoms with van der Waals surface area (Å²) in [6.45, 7) is 10.2. The molecule has 2 saturated heterocycles. The van der Waals surface area contributed by atoms with E-state index >= 15 is 0 Å². The molecule has 144 valence electrons. The van der Waals surface area contributed by atoms with Crippen LogP contribution in [0.2, 0.25) is 0 Å². The number of nitrogens with zero attached hydrogens (tertiary/aromatic N) is 2. The molecule has 0 bridgehead atoms. The van der Waals surface area contributed by atoms with E-state index in [2.05, 4.69) is 15.1 Å². The van der Waals surface area contributed by atoms with Crippen molar-refractivity contribution >= 4 is 5.91 Å². The van der Waals surface area contributed by atoms with Gasteiger partial charge < -0.3 is 10.2 Å². The summed E-state index contributed by atoms with van der Waals surface area (Å²) in [6.07, 6.45) is 4.32. The summed E-state index contributed by atoms with van der Waals surface area (Å²) in [5.74, 6) is -0.0145. The highest BCUT2D eigenvalue weighted by Gasteiger charge is 2.41. The molecule has 0 aromatic heterocycles. The van der Waals surface area contributed by atoms with Crippen LogP contribution in [-0.2, 0) is 11.3 Å². The van der Waals surface area contributed by atoms with Crippen LogP contribution >= 0.6 is 0 Å². The van der Waals surface area contributed by atoms with Crippen LogP contribution in [0.15, 0.2) is 24.3 Å². The number of carbonyl (C=O) groups excluding carboxylic acids is 1. The lowest BCUT2D eigenvalue weighted by Crippen LogP contribution is -2.44. The maximum Gasteiger partial charge on any atom is 0.221 e. The number of nitrogens with one attached hydrogen (secondary N) is 1. The Morgan fingerprint density at radius 1 is 1.15 bits per heavy atom. The topological polar surface area (TPSA) is 35.6 Å². The highest BCUT2D eigenvalue weighted by molar-refractivity contribution is 5.76. The third-order valence-corrected chi connectivity index (χ3v) is 5.68. The van der Waals surface area contributed by atoms with Gasteiger partial charge in [-0.15, -0.1) is 0 Å². The second kappa shape index (κ2) is 8.49. The van der Waals surface area contributed by atoms with E-state index in [-0.39, 0.29) is 17.8 Å². The first-order valence-electron chi connectivity index (χ1n) is 9.93. The van der Waals surface area contributed by atoms with Gasteiger partial charge >= 0.3 is 0 Å². The Morgan fingerprint density at radius 2 is 1.88 bits per heavy atom. The number of rotatable bonds is 6. The van der Waals surface area contributed by atoms with Crippen LogP contribution in [0.4, 0.5) is 4.39 Å². The maximum atomic E-state index is 13.1. The average molecular weight is 362 g/mol. The predicted molar refractivity (Wildman–Crippen MR) is 102 cm³/mol. The molecule has 4 nitrogen and oxygen atoms in total. The number of likely N-dealkylation sites (tertiary alicyclic amines) is 2. The van der Waals surface area contributed by atoms with E-state index < -0.39 is 0 Å². The van der Waals surface area contributed by atoms with E-state index in [0.29, 0.717) is 11.8 Å². The van der Waals surface area contributed by atoms with Gasteiger partial charge in [0.2, 0.25) is 5.91 Å². The molecule has 2 aliphatic rings. The molecule has 0 unspecified atom stereocenters. The van der Waals surface area contributed by atoms with Crippen molar-refractivity contribution in [3.05, 3.63) is 35.6 Å². The average Bonchev–Trinajstić information content (AvgIpc) is 2.97. The smallest absolute Gasteiger partial charge is 0.221 e. The van der Waals surface area contributed by atoms with Gasteiger partial charge in [-0.2, -0.15) is 0 Å². The molecule has 1 aromatic rings. The van der Waals surface area contributed by atoms with Crippen molar-refractivity contribution in [3.8, 4) is 0 Å². The predicted octanol–water partition coefficient (Wildman–Crippen LogP) is 3.03. The summed E-state index contributed by atoms with van der Waals surface area (Å²) in [5.41, 5.74) is 1.55. The van der Waals surface area contributed by atoms with Crippen molar-refractivity contribution in [2.45, 2.75) is 52.1 Å². The number of carbonyl (C=O) groups is 1. The second-order valence-corrected chi connectivity index (χ2v) is 8.44. The van der Waals surface area contributed by atoms with Crippen LogP contribution in [0.5, 0.6) is 0 Å². The summed E-state index contributed by atoms with van der Waals surface area (Å²) >= 11 is 0. The van der Waals surface area contributed by atoms with E-state index in [9.17, 15) is 9.18 Å². The highest BCUT2D eigenvalue weighted by atomic mass is 19.1. The van der Waals surface area contributed by atoms with Gasteiger partial charge in [0.15, 0.2) is 0 Å². The third kappa shape index (κ3) is 5.27. The Hall–Kier alpha value is -1.46. The SMILES string of the molecule is CC(C)NC(=O)CCN1CC[C@]2(CCCN(Cc3ccc(F)cc3)C2)C1. The Morgan fingerprint density at radius 3 is 2.62 bits per heavy atom. The number of hydrogen-bond acceptors (Lipinski definition) is 3. The van der Waals surface area contributed by atoms with Gasteiger partial charge in [-0.05, 0) is 69.3 Å². The van der Waals surface area contributed by atoms with Crippen LogP contribution in [0.3, 0.4) is 0 Å². The zero-order chi connectivity index (χ0) is 18.6. The zero-order valence-electron chi connectivity index (χ0n) is 16.1. The molecule has 26 heavy (non-hydrogen) atoms. The molecule has 0 saturated carbocycles. The van der Waals surface area contributed by atoms with E-state index in [1.807, 2.05) is 26.0 Å². The quantitative estimate of drug-likeness (QED) is 0.846. The van der Waals surface area contributed by atoms with Crippen molar-refractivity contribution in [2.75, 3.05) is 32.7 Å². The summed E-state index contributed by atoms with van der Waals surface area (Å²) in [7, 11) is 0. The number of amides is 1. The van der Waals surface area contributed by atoms with Crippen LogP contribution in [0.1, 0.15) is 45.1 Å². The van der Waals surface area contributed by atoms with Crippen molar-refractivity contribution in [1.82, 2.24) is 15.1 Å². The van der Waals surface area contributed by atoms with E-state index in [1.165, 1.54) is 24.8 Å². The molecule has 1 spiro atoms. The number of halogens is 1. The first-order valence-corrected chi connectivity index (χ1v) is 9.93. The lowest BCUT2D eigenvalue weighted by molar-refractivity contribution is -0.121.